The molecular formula is C21H19ClN4O3. The van der Waals surface area contributed by atoms with Crippen LogP contribution in [0.2, 0.25) is 5.02 Å². The number of anilines is 1. The Balaban J connectivity index is 1.45. The number of hydrogen-bond donors (Lipinski definition) is 2. The summed E-state index contributed by atoms with van der Waals surface area (Å²) in [6, 6.07) is 9.38. The van der Waals surface area contributed by atoms with Crippen molar-refractivity contribution >= 4 is 46.3 Å². The lowest BCUT2D eigenvalue weighted by Crippen LogP contribution is -2.24. The number of nitrogens with zero attached hydrogens (tertiary/aromatic N) is 2. The second-order valence-corrected chi connectivity index (χ2v) is 7.17. The quantitative estimate of drug-likeness (QED) is 0.645. The van der Waals surface area contributed by atoms with Crippen LogP contribution in [0, 0.1) is 0 Å². The van der Waals surface area contributed by atoms with E-state index in [2.05, 4.69) is 15.6 Å². The molecule has 0 aliphatic carbocycles. The third-order valence-corrected chi connectivity index (χ3v) is 5.04. The molecule has 3 heterocycles. The smallest absolute Gasteiger partial charge is 0.246 e. The number of fused-ring (bicyclic) bond motifs is 2. The van der Waals surface area contributed by atoms with Gasteiger partial charge in [-0.1, -0.05) is 23.7 Å². The van der Waals surface area contributed by atoms with E-state index in [1.54, 1.807) is 19.3 Å². The molecule has 2 aromatic heterocycles. The van der Waals surface area contributed by atoms with E-state index in [0.717, 1.165) is 16.5 Å². The van der Waals surface area contributed by atoms with Gasteiger partial charge < -0.3 is 20.0 Å². The number of benzene rings is 1. The van der Waals surface area contributed by atoms with Gasteiger partial charge in [-0.15, -0.1) is 0 Å². The number of pyridine rings is 1. The molecule has 3 aromatic rings. The Bertz CT molecular complexity index is 1120. The van der Waals surface area contributed by atoms with Gasteiger partial charge in [0.05, 0.1) is 18.1 Å². The summed E-state index contributed by atoms with van der Waals surface area (Å²) >= 11 is 6.38. The van der Waals surface area contributed by atoms with Gasteiger partial charge in [-0.3, -0.25) is 9.59 Å². The maximum absolute atomic E-state index is 12.5. The topological polar surface area (TPSA) is 87.5 Å². The molecule has 29 heavy (non-hydrogen) atoms. The zero-order chi connectivity index (χ0) is 20.4. The molecule has 8 heteroatoms. The fourth-order valence-corrected chi connectivity index (χ4v) is 3.36. The highest BCUT2D eigenvalue weighted by molar-refractivity contribution is 6.36. The van der Waals surface area contributed by atoms with Crippen molar-refractivity contribution < 1.29 is 14.0 Å². The van der Waals surface area contributed by atoms with Crippen molar-refractivity contribution in [2.24, 2.45) is 0 Å². The molecular weight excluding hydrogens is 392 g/mol. The van der Waals surface area contributed by atoms with Crippen molar-refractivity contribution in [2.45, 2.75) is 13.1 Å². The molecule has 148 valence electrons. The second-order valence-electron chi connectivity index (χ2n) is 6.79. The largest absolute Gasteiger partial charge is 0.458 e. The highest BCUT2D eigenvalue weighted by Crippen LogP contribution is 2.31. The van der Waals surface area contributed by atoms with Crippen LogP contribution in [0.4, 0.5) is 5.82 Å². The van der Waals surface area contributed by atoms with Crippen LogP contribution in [0.3, 0.4) is 0 Å². The minimum absolute atomic E-state index is 0.124. The lowest BCUT2D eigenvalue weighted by atomic mass is 10.1. The summed E-state index contributed by atoms with van der Waals surface area (Å²) in [6.07, 6.45) is 4.78. The van der Waals surface area contributed by atoms with Gasteiger partial charge in [-0.05, 0) is 29.8 Å². The van der Waals surface area contributed by atoms with E-state index in [9.17, 15) is 9.59 Å². The van der Waals surface area contributed by atoms with Crippen LogP contribution in [0.15, 0.2) is 47.0 Å². The standard InChI is InChI=1S/C21H19ClN4O3/c1-26(12-17-20(22)15-4-2-3-5-16(15)29-17)19(28)7-6-13-8-14-10-23-11-18(27)25-21(14)24-9-13/h2-9,23H,10-12H2,1H3,(H,24,25,27)/b7-6+. The summed E-state index contributed by atoms with van der Waals surface area (Å²) in [7, 11) is 1.69. The number of hydrogen-bond acceptors (Lipinski definition) is 5. The van der Waals surface area contributed by atoms with Crippen molar-refractivity contribution in [3.63, 3.8) is 0 Å². The Morgan fingerprint density at radius 2 is 2.17 bits per heavy atom. The molecule has 0 fully saturated rings. The molecule has 0 atom stereocenters. The number of para-hydroxylation sites is 1. The van der Waals surface area contributed by atoms with Crippen molar-refractivity contribution in [3.8, 4) is 0 Å². The number of carbonyl (C=O) groups excluding carboxylic acids is 2. The fourth-order valence-electron chi connectivity index (χ4n) is 3.11. The summed E-state index contributed by atoms with van der Waals surface area (Å²) < 4.78 is 5.76. The zero-order valence-corrected chi connectivity index (χ0v) is 16.5. The average molecular weight is 411 g/mol. The first kappa shape index (κ1) is 19.2. The first-order chi connectivity index (χ1) is 14.0. The number of halogens is 1. The lowest BCUT2D eigenvalue weighted by molar-refractivity contribution is -0.125. The number of carbonyl (C=O) groups is 2. The molecule has 1 aromatic carbocycles. The molecule has 0 saturated heterocycles. The highest BCUT2D eigenvalue weighted by Gasteiger charge is 2.16. The van der Waals surface area contributed by atoms with Gasteiger partial charge in [0.15, 0.2) is 0 Å². The van der Waals surface area contributed by atoms with Crippen molar-refractivity contribution in [2.75, 3.05) is 18.9 Å². The molecule has 0 radical (unpaired) electrons. The number of rotatable bonds is 4. The second kappa shape index (κ2) is 8.06. The normalized spacial score (nSPS) is 13.9. The third-order valence-electron chi connectivity index (χ3n) is 4.62. The van der Waals surface area contributed by atoms with E-state index < -0.39 is 0 Å². The van der Waals surface area contributed by atoms with Gasteiger partial charge in [0.2, 0.25) is 11.8 Å². The van der Waals surface area contributed by atoms with Crippen LogP contribution >= 0.6 is 11.6 Å². The molecule has 0 saturated carbocycles. The predicted molar refractivity (Wildman–Crippen MR) is 111 cm³/mol. The molecule has 0 bridgehead atoms. The van der Waals surface area contributed by atoms with Gasteiger partial charge in [0, 0.05) is 36.8 Å². The molecule has 4 rings (SSSR count). The molecule has 2 amide bonds. The number of likely N-dealkylation sites (N-methyl/N-ethyl adjacent to an activating group) is 1. The summed E-state index contributed by atoms with van der Waals surface area (Å²) in [6.45, 7) is 1.03. The number of amides is 2. The van der Waals surface area contributed by atoms with Gasteiger partial charge in [0.25, 0.3) is 0 Å². The highest BCUT2D eigenvalue weighted by atomic mass is 35.5. The van der Waals surface area contributed by atoms with E-state index in [1.807, 2.05) is 30.3 Å². The Morgan fingerprint density at radius 3 is 3.00 bits per heavy atom. The molecule has 1 aliphatic rings. The summed E-state index contributed by atoms with van der Waals surface area (Å²) in [5.41, 5.74) is 2.33. The van der Waals surface area contributed by atoms with Crippen LogP contribution in [0.25, 0.3) is 17.0 Å². The fraction of sp³-hybridized carbons (Fsp3) is 0.190. The summed E-state index contributed by atoms with van der Waals surface area (Å²) in [5, 5.41) is 7.13. The average Bonchev–Trinajstić information content (AvgIpc) is 2.90. The SMILES string of the molecule is CN(Cc1oc2ccccc2c1Cl)C(=O)/C=C/c1cnc2c(c1)CNCC(=O)N2. The number of nitrogens with one attached hydrogen (secondary N) is 2. The van der Waals surface area contributed by atoms with Crippen LogP contribution in [0.5, 0.6) is 0 Å². The summed E-state index contributed by atoms with van der Waals surface area (Å²) in [4.78, 5) is 29.9. The Hall–Kier alpha value is -3.16. The first-order valence-corrected chi connectivity index (χ1v) is 9.47. The molecule has 1 aliphatic heterocycles. The summed E-state index contributed by atoms with van der Waals surface area (Å²) in [5.74, 6) is 0.772. The van der Waals surface area contributed by atoms with E-state index in [4.69, 9.17) is 16.0 Å². The molecule has 0 unspecified atom stereocenters. The zero-order valence-electron chi connectivity index (χ0n) is 15.7. The Kier molecular flexibility index (Phi) is 5.33. The van der Waals surface area contributed by atoms with Gasteiger partial charge in [-0.2, -0.15) is 0 Å². The van der Waals surface area contributed by atoms with Crippen LogP contribution < -0.4 is 10.6 Å². The van der Waals surface area contributed by atoms with Gasteiger partial charge >= 0.3 is 0 Å². The Morgan fingerprint density at radius 1 is 1.34 bits per heavy atom. The minimum atomic E-state index is -0.192. The van der Waals surface area contributed by atoms with E-state index in [0.29, 0.717) is 28.7 Å². The van der Waals surface area contributed by atoms with Crippen LogP contribution in [0.1, 0.15) is 16.9 Å². The van der Waals surface area contributed by atoms with Crippen molar-refractivity contribution in [1.29, 1.82) is 0 Å². The van der Waals surface area contributed by atoms with E-state index in [1.165, 1.54) is 11.0 Å². The molecule has 2 N–H and O–H groups in total. The minimum Gasteiger partial charge on any atom is -0.458 e. The maximum Gasteiger partial charge on any atom is 0.246 e. The van der Waals surface area contributed by atoms with Crippen molar-refractivity contribution in [3.05, 3.63) is 64.5 Å². The molecule has 7 nitrogen and oxygen atoms in total. The monoisotopic (exact) mass is 410 g/mol. The number of furan rings is 1. The Labute approximate surface area is 172 Å². The lowest BCUT2D eigenvalue weighted by Gasteiger charge is -2.13. The number of aromatic nitrogens is 1. The third kappa shape index (κ3) is 4.16. The van der Waals surface area contributed by atoms with Gasteiger partial charge in [-0.25, -0.2) is 4.98 Å². The van der Waals surface area contributed by atoms with Gasteiger partial charge in [0.1, 0.15) is 17.2 Å². The predicted octanol–water partition coefficient (Wildman–Crippen LogP) is 3.19. The van der Waals surface area contributed by atoms with E-state index >= 15 is 0 Å². The van der Waals surface area contributed by atoms with Crippen LogP contribution in [-0.2, 0) is 22.7 Å². The van der Waals surface area contributed by atoms with E-state index in [-0.39, 0.29) is 24.9 Å². The maximum atomic E-state index is 12.5. The van der Waals surface area contributed by atoms with Crippen molar-refractivity contribution in [1.82, 2.24) is 15.2 Å². The van der Waals surface area contributed by atoms with Crippen LogP contribution in [-0.4, -0.2) is 35.3 Å². The first-order valence-electron chi connectivity index (χ1n) is 9.10. The molecule has 0 spiro atoms.